The van der Waals surface area contributed by atoms with E-state index >= 15 is 0 Å². The summed E-state index contributed by atoms with van der Waals surface area (Å²) in [6.45, 7) is 5.65. The molecule has 0 aliphatic heterocycles. The molecule has 0 fully saturated rings. The van der Waals surface area contributed by atoms with Crippen molar-refractivity contribution in [3.05, 3.63) is 76.2 Å². The summed E-state index contributed by atoms with van der Waals surface area (Å²) in [5.41, 5.74) is 5.72. The van der Waals surface area contributed by atoms with Gasteiger partial charge in [-0.15, -0.1) is 0 Å². The van der Waals surface area contributed by atoms with Crippen molar-refractivity contribution in [1.82, 2.24) is 20.6 Å². The summed E-state index contributed by atoms with van der Waals surface area (Å²) >= 11 is 0. The second-order valence-electron chi connectivity index (χ2n) is 7.43. The van der Waals surface area contributed by atoms with Gasteiger partial charge in [0.15, 0.2) is 5.69 Å². The highest BCUT2D eigenvalue weighted by Crippen LogP contribution is 2.21. The zero-order valence-corrected chi connectivity index (χ0v) is 17.4. The smallest absolute Gasteiger partial charge is 0.273 e. The van der Waals surface area contributed by atoms with Gasteiger partial charge in [0.25, 0.3) is 11.5 Å². The molecule has 1 aromatic heterocycles. The van der Waals surface area contributed by atoms with Crippen LogP contribution in [-0.2, 0) is 4.79 Å². The average Bonchev–Trinajstić information content (AvgIpc) is 2.76. The second-order valence-corrected chi connectivity index (χ2v) is 7.43. The first-order valence-electron chi connectivity index (χ1n) is 10.1. The van der Waals surface area contributed by atoms with Gasteiger partial charge in [-0.25, -0.2) is 4.68 Å². The number of nitrogens with zero attached hydrogens (tertiary/aromatic N) is 2. The minimum Gasteiger partial charge on any atom is -0.273 e. The van der Waals surface area contributed by atoms with Gasteiger partial charge in [-0.3, -0.25) is 25.2 Å². The van der Waals surface area contributed by atoms with E-state index in [-0.39, 0.29) is 29.1 Å². The van der Waals surface area contributed by atoms with Crippen molar-refractivity contribution in [2.45, 2.75) is 45.6 Å². The van der Waals surface area contributed by atoms with Gasteiger partial charge < -0.3 is 0 Å². The van der Waals surface area contributed by atoms with Gasteiger partial charge in [0, 0.05) is 5.39 Å². The van der Waals surface area contributed by atoms with E-state index in [0.717, 1.165) is 12.0 Å². The Morgan fingerprint density at radius 1 is 0.967 bits per heavy atom. The normalized spacial score (nSPS) is 12.0. The van der Waals surface area contributed by atoms with Gasteiger partial charge in [-0.05, 0) is 31.9 Å². The molecular formula is C23H26N4O3. The van der Waals surface area contributed by atoms with Crippen LogP contribution in [0.25, 0.3) is 10.8 Å². The number of fused-ring (bicyclic) bond motifs is 1. The minimum absolute atomic E-state index is 0.0888. The number of carbonyl (C=O) groups excluding carboxylic acids is 2. The summed E-state index contributed by atoms with van der Waals surface area (Å²) in [4.78, 5) is 38.3. The van der Waals surface area contributed by atoms with Crippen LogP contribution in [0.2, 0.25) is 0 Å². The Morgan fingerprint density at radius 2 is 1.60 bits per heavy atom. The molecule has 3 rings (SSSR count). The second kappa shape index (κ2) is 9.35. The molecule has 2 amide bonds. The van der Waals surface area contributed by atoms with E-state index in [1.165, 1.54) is 4.68 Å². The van der Waals surface area contributed by atoms with Crippen molar-refractivity contribution in [1.29, 1.82) is 0 Å². The molecule has 7 nitrogen and oxygen atoms in total. The zero-order valence-electron chi connectivity index (χ0n) is 17.4. The Morgan fingerprint density at radius 3 is 2.23 bits per heavy atom. The van der Waals surface area contributed by atoms with Crippen LogP contribution in [0.3, 0.4) is 0 Å². The maximum absolute atomic E-state index is 12.9. The Labute approximate surface area is 175 Å². The summed E-state index contributed by atoms with van der Waals surface area (Å²) in [6.07, 6.45) is 1.48. The fourth-order valence-electron chi connectivity index (χ4n) is 3.41. The number of hydrogen-bond donors (Lipinski definition) is 2. The molecule has 0 aliphatic rings. The highest BCUT2D eigenvalue weighted by atomic mass is 16.2. The lowest BCUT2D eigenvalue weighted by molar-refractivity contribution is -0.123. The Bertz CT molecular complexity index is 1110. The molecule has 1 heterocycles. The van der Waals surface area contributed by atoms with Crippen LogP contribution in [0.4, 0.5) is 0 Å². The molecule has 0 aliphatic carbocycles. The maximum Gasteiger partial charge on any atom is 0.290 e. The zero-order chi connectivity index (χ0) is 21.7. The molecule has 3 aromatic rings. The van der Waals surface area contributed by atoms with Crippen molar-refractivity contribution >= 4 is 22.6 Å². The predicted molar refractivity (Wildman–Crippen MR) is 116 cm³/mol. The number of hydrazine groups is 1. The van der Waals surface area contributed by atoms with Gasteiger partial charge in [0.1, 0.15) is 0 Å². The minimum atomic E-state index is -0.572. The number of benzene rings is 2. The largest absolute Gasteiger partial charge is 0.290 e. The van der Waals surface area contributed by atoms with Crippen LogP contribution < -0.4 is 16.4 Å². The lowest BCUT2D eigenvalue weighted by Gasteiger charge is -2.17. The highest BCUT2D eigenvalue weighted by molar-refractivity contribution is 6.05. The molecule has 0 saturated carbocycles. The number of rotatable bonds is 6. The van der Waals surface area contributed by atoms with Crippen molar-refractivity contribution < 1.29 is 9.59 Å². The van der Waals surface area contributed by atoms with Crippen LogP contribution in [0.15, 0.2) is 59.4 Å². The van der Waals surface area contributed by atoms with Crippen molar-refractivity contribution in [3.63, 3.8) is 0 Å². The van der Waals surface area contributed by atoms with Gasteiger partial charge in [-0.1, -0.05) is 61.9 Å². The van der Waals surface area contributed by atoms with Crippen molar-refractivity contribution in [2.75, 3.05) is 0 Å². The number of amides is 2. The third kappa shape index (κ3) is 4.40. The quantitative estimate of drug-likeness (QED) is 0.614. The van der Waals surface area contributed by atoms with E-state index in [4.69, 9.17) is 0 Å². The van der Waals surface area contributed by atoms with Gasteiger partial charge in [0.05, 0.1) is 17.3 Å². The molecule has 2 aromatic carbocycles. The van der Waals surface area contributed by atoms with Crippen LogP contribution in [0, 0.1) is 0 Å². The summed E-state index contributed by atoms with van der Waals surface area (Å²) in [5.74, 6) is -1.24. The molecule has 7 heteroatoms. The van der Waals surface area contributed by atoms with Gasteiger partial charge in [0.2, 0.25) is 5.91 Å². The third-order valence-corrected chi connectivity index (χ3v) is 4.93. The molecule has 1 atom stereocenters. The van der Waals surface area contributed by atoms with E-state index in [0.29, 0.717) is 17.2 Å². The van der Waals surface area contributed by atoms with E-state index in [2.05, 4.69) is 16.0 Å². The summed E-state index contributed by atoms with van der Waals surface area (Å²) < 4.78 is 1.28. The first kappa shape index (κ1) is 21.2. The topological polar surface area (TPSA) is 93.1 Å². The van der Waals surface area contributed by atoms with Crippen LogP contribution in [-0.4, -0.2) is 21.6 Å². The number of hydrogen-bond acceptors (Lipinski definition) is 4. The fraction of sp³-hybridized carbons (Fsp3) is 0.304. The van der Waals surface area contributed by atoms with Crippen LogP contribution >= 0.6 is 0 Å². The molecule has 156 valence electrons. The standard InChI is InChI=1S/C23H26N4O3/c1-4-10-17(16-11-6-5-7-12-16)21(28)24-25-22(29)20-18-13-8-9-14-19(18)23(30)27(26-20)15(2)3/h5-9,11-15,17H,4,10H2,1-3H3,(H,24,28)(H,25,29). The summed E-state index contributed by atoms with van der Waals surface area (Å²) in [7, 11) is 0. The van der Waals surface area contributed by atoms with Gasteiger partial charge in [-0.2, -0.15) is 5.10 Å². The van der Waals surface area contributed by atoms with Crippen LogP contribution in [0.5, 0.6) is 0 Å². The molecule has 2 N–H and O–H groups in total. The average molecular weight is 406 g/mol. The Kier molecular flexibility index (Phi) is 6.61. The number of carbonyl (C=O) groups is 2. The third-order valence-electron chi connectivity index (χ3n) is 4.93. The fourth-order valence-corrected chi connectivity index (χ4v) is 3.41. The first-order chi connectivity index (χ1) is 14.4. The van der Waals surface area contributed by atoms with Gasteiger partial charge >= 0.3 is 0 Å². The Hall–Kier alpha value is -3.48. The number of aromatic nitrogens is 2. The molecule has 30 heavy (non-hydrogen) atoms. The molecular weight excluding hydrogens is 380 g/mol. The van der Waals surface area contributed by atoms with E-state index in [9.17, 15) is 14.4 Å². The molecule has 0 radical (unpaired) electrons. The highest BCUT2D eigenvalue weighted by Gasteiger charge is 2.22. The van der Waals surface area contributed by atoms with E-state index in [1.807, 2.05) is 51.1 Å². The lowest BCUT2D eigenvalue weighted by atomic mass is 9.94. The van der Waals surface area contributed by atoms with Crippen LogP contribution in [0.1, 0.15) is 61.6 Å². The van der Waals surface area contributed by atoms with E-state index in [1.54, 1.807) is 24.3 Å². The maximum atomic E-state index is 12.9. The molecule has 0 bridgehead atoms. The number of nitrogens with one attached hydrogen (secondary N) is 2. The van der Waals surface area contributed by atoms with Crippen molar-refractivity contribution in [3.8, 4) is 0 Å². The summed E-state index contributed by atoms with van der Waals surface area (Å²) in [5, 5.41) is 5.11. The Balaban J connectivity index is 1.85. The van der Waals surface area contributed by atoms with E-state index < -0.39 is 5.91 Å². The molecule has 0 spiro atoms. The monoisotopic (exact) mass is 406 g/mol. The van der Waals surface area contributed by atoms with Crippen molar-refractivity contribution in [2.24, 2.45) is 0 Å². The predicted octanol–water partition coefficient (Wildman–Crippen LogP) is 3.32. The first-order valence-corrected chi connectivity index (χ1v) is 10.1. The lowest BCUT2D eigenvalue weighted by Crippen LogP contribution is -2.45. The molecule has 0 saturated heterocycles. The molecule has 1 unspecified atom stereocenters. The SMILES string of the molecule is CCCC(C(=O)NNC(=O)c1nn(C(C)C)c(=O)c2ccccc12)c1ccccc1. The summed E-state index contributed by atoms with van der Waals surface area (Å²) in [6, 6.07) is 16.1.